The minimum Gasteiger partial charge on any atom is -0.368 e. The van der Waals surface area contributed by atoms with Crippen LogP contribution in [-0.4, -0.2) is 34.8 Å². The van der Waals surface area contributed by atoms with Gasteiger partial charge in [-0.25, -0.2) is 0 Å². The van der Waals surface area contributed by atoms with Crippen LogP contribution in [-0.2, 0) is 16.0 Å². The molecule has 3 atom stereocenters. The molecule has 3 amide bonds. The van der Waals surface area contributed by atoms with Crippen LogP contribution in [0.15, 0.2) is 30.3 Å². The van der Waals surface area contributed by atoms with Gasteiger partial charge in [-0.15, -0.1) is 11.3 Å². The molecule has 0 saturated heterocycles. The average molecular weight is 480 g/mol. The van der Waals surface area contributed by atoms with Gasteiger partial charge in [0, 0.05) is 0 Å². The van der Waals surface area contributed by atoms with Gasteiger partial charge in [-0.05, 0) is 23.6 Å². The van der Waals surface area contributed by atoms with E-state index in [1.807, 2.05) is 24.3 Å². The van der Waals surface area contributed by atoms with E-state index in [-0.39, 0.29) is 18.4 Å². The molecule has 31 heavy (non-hydrogen) atoms. The molecular weight excluding hydrogens is 461 g/mol. The number of benzene rings is 1. The Kier molecular flexibility index (Phi) is 5.94. The summed E-state index contributed by atoms with van der Waals surface area (Å²) >= 11 is 13.5. The number of primary amides is 1. The summed E-state index contributed by atoms with van der Waals surface area (Å²) in [6.07, 6.45) is 0.303. The number of thiophene rings is 1. The number of nitrogens with two attached hydrogens (primary N) is 2. The van der Waals surface area contributed by atoms with Crippen molar-refractivity contribution in [2.24, 2.45) is 11.5 Å². The lowest BCUT2D eigenvalue weighted by molar-refractivity contribution is -0.126. The highest BCUT2D eigenvalue weighted by molar-refractivity contribution is 7.23. The molecular formula is C20H19Cl2N5O3S. The van der Waals surface area contributed by atoms with Crippen LogP contribution in [0.25, 0.3) is 10.2 Å². The maximum atomic E-state index is 12.9. The second-order valence-corrected chi connectivity index (χ2v) is 9.39. The van der Waals surface area contributed by atoms with Crippen LogP contribution in [0.4, 0.5) is 0 Å². The number of hydrogen-bond acceptors (Lipinski definition) is 5. The van der Waals surface area contributed by atoms with Crippen molar-refractivity contribution in [1.82, 2.24) is 15.6 Å². The van der Waals surface area contributed by atoms with Gasteiger partial charge in [0.1, 0.15) is 10.0 Å². The molecule has 0 aliphatic heterocycles. The first-order chi connectivity index (χ1) is 14.7. The van der Waals surface area contributed by atoms with Crippen LogP contribution in [0.5, 0.6) is 0 Å². The van der Waals surface area contributed by atoms with E-state index >= 15 is 0 Å². The van der Waals surface area contributed by atoms with E-state index in [0.717, 1.165) is 15.8 Å². The first-order valence-corrected chi connectivity index (χ1v) is 11.0. The van der Waals surface area contributed by atoms with Crippen LogP contribution in [0.3, 0.4) is 0 Å². The van der Waals surface area contributed by atoms with E-state index in [1.165, 1.54) is 11.3 Å². The molecule has 2 aromatic heterocycles. The number of hydrogen-bond donors (Lipinski definition) is 5. The molecule has 0 saturated carbocycles. The molecule has 8 nitrogen and oxygen atoms in total. The zero-order valence-corrected chi connectivity index (χ0v) is 18.4. The molecule has 1 aliphatic carbocycles. The first kappa shape index (κ1) is 21.6. The van der Waals surface area contributed by atoms with Gasteiger partial charge in [0.2, 0.25) is 11.8 Å². The topological polar surface area (TPSA) is 143 Å². The van der Waals surface area contributed by atoms with Gasteiger partial charge < -0.3 is 27.1 Å². The standard InChI is InChI=1S/C20H19Cl2N5O3S/c21-15-17-13(31-18(15)22)7-12(25-17)20(30)26-11-5-8-3-1-2-4-9(8)16(11)27-14(28)6-10(23)19(24)29/h1-4,7,10-11,16,25H,5-6,23H2,(H2,24,29)(H,26,30)(H,27,28)/t10-,11-,16+/m1/s1. The number of aromatic nitrogens is 1. The zero-order valence-electron chi connectivity index (χ0n) is 16.1. The average Bonchev–Trinajstić information content (AvgIpc) is 3.36. The molecule has 2 heterocycles. The molecule has 11 heteroatoms. The highest BCUT2D eigenvalue weighted by Gasteiger charge is 2.35. The molecule has 1 aromatic carbocycles. The molecule has 0 fully saturated rings. The Labute approximate surface area is 191 Å². The highest BCUT2D eigenvalue weighted by Crippen LogP contribution is 2.39. The molecule has 0 spiro atoms. The lowest BCUT2D eigenvalue weighted by Crippen LogP contribution is -2.46. The van der Waals surface area contributed by atoms with E-state index in [9.17, 15) is 14.4 Å². The minimum absolute atomic E-state index is 0.235. The second kappa shape index (κ2) is 8.51. The summed E-state index contributed by atoms with van der Waals surface area (Å²) in [6, 6.07) is 7.36. The quantitative estimate of drug-likeness (QED) is 0.369. The molecule has 1 aliphatic rings. The fourth-order valence-electron chi connectivity index (χ4n) is 3.73. The maximum absolute atomic E-state index is 12.9. The van der Waals surface area contributed by atoms with Crippen molar-refractivity contribution in [3.63, 3.8) is 0 Å². The number of nitrogens with one attached hydrogen (secondary N) is 3. The number of fused-ring (bicyclic) bond motifs is 2. The lowest BCUT2D eigenvalue weighted by atomic mass is 10.1. The Bertz CT molecular complexity index is 1190. The molecule has 3 aromatic rings. The number of aromatic amines is 1. The van der Waals surface area contributed by atoms with Crippen LogP contribution in [0, 0.1) is 0 Å². The summed E-state index contributed by atoms with van der Waals surface area (Å²) in [5.74, 6) is -1.51. The number of halogens is 2. The van der Waals surface area contributed by atoms with Gasteiger partial charge >= 0.3 is 0 Å². The smallest absolute Gasteiger partial charge is 0.268 e. The van der Waals surface area contributed by atoms with Crippen molar-refractivity contribution in [1.29, 1.82) is 0 Å². The summed E-state index contributed by atoms with van der Waals surface area (Å²) < 4.78 is 1.23. The maximum Gasteiger partial charge on any atom is 0.268 e. The molecule has 0 unspecified atom stereocenters. The molecule has 7 N–H and O–H groups in total. The van der Waals surface area contributed by atoms with Crippen LogP contribution in [0.2, 0.25) is 9.36 Å². The summed E-state index contributed by atoms with van der Waals surface area (Å²) in [5.41, 5.74) is 13.6. The van der Waals surface area contributed by atoms with Gasteiger partial charge in [-0.1, -0.05) is 47.5 Å². The largest absolute Gasteiger partial charge is 0.368 e. The van der Waals surface area contributed by atoms with E-state index in [4.69, 9.17) is 34.7 Å². The van der Waals surface area contributed by atoms with Crippen molar-refractivity contribution in [3.8, 4) is 0 Å². The van der Waals surface area contributed by atoms with Crippen molar-refractivity contribution >= 4 is 62.5 Å². The molecule has 0 bridgehead atoms. The third kappa shape index (κ3) is 4.27. The van der Waals surface area contributed by atoms with Gasteiger partial charge in [0.15, 0.2) is 0 Å². The van der Waals surface area contributed by atoms with Gasteiger partial charge in [-0.3, -0.25) is 14.4 Å². The van der Waals surface area contributed by atoms with Crippen molar-refractivity contribution in [2.75, 3.05) is 0 Å². The van der Waals surface area contributed by atoms with Gasteiger partial charge in [-0.2, -0.15) is 0 Å². The van der Waals surface area contributed by atoms with Gasteiger partial charge in [0.05, 0.1) is 39.8 Å². The molecule has 162 valence electrons. The Morgan fingerprint density at radius 2 is 1.97 bits per heavy atom. The van der Waals surface area contributed by atoms with Crippen molar-refractivity contribution in [2.45, 2.75) is 31.0 Å². The normalized spacial score (nSPS) is 18.5. The highest BCUT2D eigenvalue weighted by atomic mass is 35.5. The Morgan fingerprint density at radius 3 is 2.68 bits per heavy atom. The van der Waals surface area contributed by atoms with Crippen LogP contribution < -0.4 is 22.1 Å². The summed E-state index contributed by atoms with van der Waals surface area (Å²) in [6.45, 7) is 0. The number of H-pyrrole nitrogens is 1. The summed E-state index contributed by atoms with van der Waals surface area (Å²) in [5, 5.41) is 6.24. The Balaban J connectivity index is 1.53. The zero-order chi connectivity index (χ0) is 22.3. The predicted molar refractivity (Wildman–Crippen MR) is 120 cm³/mol. The van der Waals surface area contributed by atoms with E-state index in [1.54, 1.807) is 6.07 Å². The van der Waals surface area contributed by atoms with Crippen LogP contribution >= 0.6 is 34.5 Å². The fourth-order valence-corrected chi connectivity index (χ4v) is 5.21. The third-order valence-electron chi connectivity index (χ3n) is 5.25. The van der Waals surface area contributed by atoms with E-state index in [2.05, 4.69) is 15.6 Å². The second-order valence-electron chi connectivity index (χ2n) is 7.35. The number of rotatable bonds is 6. The lowest BCUT2D eigenvalue weighted by Gasteiger charge is -2.23. The van der Waals surface area contributed by atoms with E-state index in [0.29, 0.717) is 27.0 Å². The minimum atomic E-state index is -1.08. The Hall–Kier alpha value is -2.59. The van der Waals surface area contributed by atoms with Crippen molar-refractivity contribution in [3.05, 3.63) is 56.5 Å². The number of carbonyl (C=O) groups is 3. The predicted octanol–water partition coefficient (Wildman–Crippen LogP) is 2.25. The number of amides is 3. The van der Waals surface area contributed by atoms with Crippen LogP contribution in [0.1, 0.15) is 34.1 Å². The monoisotopic (exact) mass is 479 g/mol. The first-order valence-electron chi connectivity index (χ1n) is 9.44. The third-order valence-corrected chi connectivity index (χ3v) is 7.19. The molecule has 0 radical (unpaired) electrons. The van der Waals surface area contributed by atoms with Gasteiger partial charge in [0.25, 0.3) is 5.91 Å². The van der Waals surface area contributed by atoms with Crippen molar-refractivity contribution < 1.29 is 14.4 Å². The number of carbonyl (C=O) groups excluding carboxylic acids is 3. The molecule has 4 rings (SSSR count). The fraction of sp³-hybridized carbons (Fsp3) is 0.250. The summed E-state index contributed by atoms with van der Waals surface area (Å²) in [4.78, 5) is 39.5. The Morgan fingerprint density at radius 1 is 1.23 bits per heavy atom. The summed E-state index contributed by atoms with van der Waals surface area (Å²) in [7, 11) is 0. The van der Waals surface area contributed by atoms with E-state index < -0.39 is 23.9 Å². The SMILES string of the molecule is NC(=O)[C@H](N)CC(=O)N[C@H]1c2ccccc2C[C@H]1NC(=O)c1cc2sc(Cl)c(Cl)c2[nH]1.